The maximum absolute atomic E-state index is 13.7. The van der Waals surface area contributed by atoms with Gasteiger partial charge in [-0.3, -0.25) is 24.0 Å². The molecule has 9 rings (SSSR count). The summed E-state index contributed by atoms with van der Waals surface area (Å²) >= 11 is 1.66. The van der Waals surface area contributed by atoms with Gasteiger partial charge < -0.3 is 45.5 Å². The van der Waals surface area contributed by atoms with Crippen molar-refractivity contribution in [3.05, 3.63) is 135 Å². The molecule has 1 fully saturated rings. The van der Waals surface area contributed by atoms with E-state index < -0.39 is 41.6 Å². The number of benzene rings is 4. The SMILES string of the molecule is CCN(C(=O)Cn1c(CNC2CCC(C(=O)NCCCCCCCCNC(=O)c3ccc4c(c3)C(=O)OC43c4ccc(NC(=O)C(F)(F)F)cc4Oc4cc(NC(=O)C(F)(F)F)ccc43)CC2)cc2sccc21)c1cccc(C)c1. The summed E-state index contributed by atoms with van der Waals surface area (Å²) in [5, 5.41) is 15.2. The number of hydrogen-bond acceptors (Lipinski definition) is 10. The summed E-state index contributed by atoms with van der Waals surface area (Å²) in [7, 11) is 0. The van der Waals surface area contributed by atoms with Gasteiger partial charge in [-0.05, 0) is 124 Å². The predicted octanol–water partition coefficient (Wildman–Crippen LogP) is 11.2. The van der Waals surface area contributed by atoms with Crippen molar-refractivity contribution >= 4 is 74.1 Å². The minimum Gasteiger partial charge on any atom is -0.456 e. The summed E-state index contributed by atoms with van der Waals surface area (Å²) in [5.74, 6) is -6.30. The largest absolute Gasteiger partial charge is 0.471 e. The van der Waals surface area contributed by atoms with E-state index in [1.165, 1.54) is 30.3 Å². The van der Waals surface area contributed by atoms with E-state index in [1.54, 1.807) is 22.0 Å². The molecule has 0 radical (unpaired) electrons. The lowest BCUT2D eigenvalue weighted by Gasteiger charge is -2.37. The second kappa shape index (κ2) is 23.9. The van der Waals surface area contributed by atoms with Crippen molar-refractivity contribution in [3.63, 3.8) is 0 Å². The van der Waals surface area contributed by atoms with Gasteiger partial charge >= 0.3 is 30.1 Å². The van der Waals surface area contributed by atoms with Gasteiger partial charge in [0, 0.05) is 95.3 Å². The number of ether oxygens (including phenoxy) is 2. The highest BCUT2D eigenvalue weighted by Gasteiger charge is 2.54. The first-order valence-electron chi connectivity index (χ1n) is 26.6. The van der Waals surface area contributed by atoms with Gasteiger partial charge in [-0.25, -0.2) is 4.79 Å². The number of likely N-dealkylation sites (N-methyl/N-ethyl adjacent to an activating group) is 1. The van der Waals surface area contributed by atoms with E-state index in [4.69, 9.17) is 9.47 Å². The van der Waals surface area contributed by atoms with Crippen LogP contribution in [-0.2, 0) is 42.6 Å². The number of nitrogens with one attached hydrogen (secondary N) is 5. The van der Waals surface area contributed by atoms with Crippen molar-refractivity contribution < 1.29 is 64.6 Å². The molecule has 0 bridgehead atoms. The van der Waals surface area contributed by atoms with Gasteiger partial charge in [-0.1, -0.05) is 43.9 Å². The highest BCUT2D eigenvalue weighted by Crippen LogP contribution is 2.57. The number of esters is 1. The van der Waals surface area contributed by atoms with E-state index in [9.17, 15) is 55.1 Å². The minimum absolute atomic E-state index is 0.0294. The van der Waals surface area contributed by atoms with Gasteiger partial charge in [0.05, 0.1) is 15.8 Å². The summed E-state index contributed by atoms with van der Waals surface area (Å²) in [4.78, 5) is 79.2. The molecule has 1 saturated carbocycles. The maximum atomic E-state index is 13.7. The zero-order valence-electron chi connectivity index (χ0n) is 43.8. The molecule has 80 heavy (non-hydrogen) atoms. The number of nitrogens with zero attached hydrogens (tertiary/aromatic N) is 2. The lowest BCUT2D eigenvalue weighted by atomic mass is 9.77. The van der Waals surface area contributed by atoms with Crippen molar-refractivity contribution in [1.29, 1.82) is 0 Å². The van der Waals surface area contributed by atoms with Crippen LogP contribution in [0, 0.1) is 12.8 Å². The number of aryl methyl sites for hydroxylation is 1. The van der Waals surface area contributed by atoms with Crippen molar-refractivity contribution in [2.24, 2.45) is 5.92 Å². The second-order valence-corrected chi connectivity index (χ2v) is 21.2. The van der Waals surface area contributed by atoms with E-state index in [0.717, 1.165) is 109 Å². The Hall–Kier alpha value is -7.72. The highest BCUT2D eigenvalue weighted by molar-refractivity contribution is 7.17. The summed E-state index contributed by atoms with van der Waals surface area (Å²) in [5.41, 5.74) is 1.93. The third-order valence-corrected chi connectivity index (χ3v) is 15.6. The second-order valence-electron chi connectivity index (χ2n) is 20.2. The number of anilines is 3. The van der Waals surface area contributed by atoms with Crippen LogP contribution in [0.2, 0.25) is 0 Å². The third kappa shape index (κ3) is 12.5. The zero-order valence-corrected chi connectivity index (χ0v) is 44.7. The van der Waals surface area contributed by atoms with Crippen LogP contribution >= 0.6 is 11.3 Å². The van der Waals surface area contributed by atoms with Gasteiger partial charge in [0.25, 0.3) is 5.91 Å². The third-order valence-electron chi connectivity index (χ3n) is 14.8. The van der Waals surface area contributed by atoms with E-state index >= 15 is 0 Å². The molecule has 4 heterocycles. The van der Waals surface area contributed by atoms with E-state index in [-0.39, 0.29) is 81.0 Å². The van der Waals surface area contributed by atoms with Crippen LogP contribution in [0.4, 0.5) is 43.4 Å². The standard InChI is InChI=1S/C58H59F6N7O8S/c1-3-70(40-12-10-11-34(2)27-40)50(72)33-71-41(31-49-46(71)23-26-80-49)32-67-37-16-13-35(14-17-37)51(73)65-24-8-6-4-5-7-9-25-66-52(74)36-15-20-43-42(28-36)53(75)79-56(43)44-21-18-38(68-54(76)57(59,60)61)29-47(44)78-48-30-39(19-22-45(48)56)69-55(77)58(62,63)64/h10-12,15,18-23,26-31,35,37,67H,3-9,13-14,16-17,24-25,32-33H2,1-2H3,(H,65,73)(H,66,74)(H,68,76)(H,69,77). The predicted molar refractivity (Wildman–Crippen MR) is 289 cm³/mol. The number of carbonyl (C=O) groups is 6. The summed E-state index contributed by atoms with van der Waals surface area (Å²) in [6.45, 7) is 6.39. The molecule has 1 spiro atoms. The zero-order chi connectivity index (χ0) is 56.9. The van der Waals surface area contributed by atoms with Crippen molar-refractivity contribution in [2.45, 2.75) is 115 Å². The average molecular weight is 1130 g/mol. The number of fused-ring (bicyclic) bond motifs is 7. The van der Waals surface area contributed by atoms with Gasteiger partial charge in [0.2, 0.25) is 11.8 Å². The number of rotatable bonds is 20. The average Bonchev–Trinajstić information content (AvgIpc) is 4.16. The Morgan fingerprint density at radius 1 is 0.725 bits per heavy atom. The molecule has 3 aliphatic rings. The first-order valence-corrected chi connectivity index (χ1v) is 27.4. The Kier molecular flexibility index (Phi) is 17.0. The molecule has 15 nitrogen and oxygen atoms in total. The number of unbranched alkanes of at least 4 members (excludes halogenated alkanes) is 5. The summed E-state index contributed by atoms with van der Waals surface area (Å²) in [6, 6.07) is 23.6. The number of hydrogen-bond donors (Lipinski definition) is 5. The Morgan fingerprint density at radius 3 is 1.95 bits per heavy atom. The molecule has 1 aliphatic carbocycles. The molecule has 5 amide bonds. The molecule has 0 saturated heterocycles. The number of aromatic nitrogens is 1. The topological polar surface area (TPSA) is 189 Å². The molecule has 2 aliphatic heterocycles. The molecule has 0 unspecified atom stereocenters. The highest BCUT2D eigenvalue weighted by atomic mass is 32.1. The monoisotopic (exact) mass is 1130 g/mol. The quantitative estimate of drug-likeness (QED) is 0.0281. The van der Waals surface area contributed by atoms with Crippen molar-refractivity contribution in [1.82, 2.24) is 20.5 Å². The molecule has 4 aromatic carbocycles. The molecule has 0 atom stereocenters. The van der Waals surface area contributed by atoms with Gasteiger partial charge in [0.1, 0.15) is 18.0 Å². The van der Waals surface area contributed by atoms with Crippen LogP contribution in [0.3, 0.4) is 0 Å². The van der Waals surface area contributed by atoms with Crippen molar-refractivity contribution in [2.75, 3.05) is 35.2 Å². The van der Waals surface area contributed by atoms with Gasteiger partial charge in [0.15, 0.2) is 5.60 Å². The molecular weight excluding hydrogens is 1070 g/mol. The Morgan fingerprint density at radius 2 is 1.34 bits per heavy atom. The van der Waals surface area contributed by atoms with E-state index in [2.05, 4.69) is 32.7 Å². The van der Waals surface area contributed by atoms with E-state index in [0.29, 0.717) is 32.6 Å². The summed E-state index contributed by atoms with van der Waals surface area (Å²) < 4.78 is 94.0. The fraction of sp³-hybridized carbons (Fsp3) is 0.379. The number of amides is 5. The lowest BCUT2D eigenvalue weighted by Crippen LogP contribution is -2.39. The molecule has 2 aromatic heterocycles. The maximum Gasteiger partial charge on any atom is 0.471 e. The molecular formula is C58H59F6N7O8S. The fourth-order valence-electron chi connectivity index (χ4n) is 10.7. The number of halogens is 6. The lowest BCUT2D eigenvalue weighted by molar-refractivity contribution is -0.167. The van der Waals surface area contributed by atoms with Crippen molar-refractivity contribution in [3.8, 4) is 11.5 Å². The first kappa shape index (κ1) is 57.0. The Balaban J connectivity index is 0.702. The smallest absolute Gasteiger partial charge is 0.456 e. The molecule has 6 aromatic rings. The number of carbonyl (C=O) groups excluding carboxylic acids is 6. The molecule has 22 heteroatoms. The van der Waals surface area contributed by atoms with Gasteiger partial charge in [-0.15, -0.1) is 11.3 Å². The van der Waals surface area contributed by atoms with Crippen LogP contribution in [0.5, 0.6) is 11.5 Å². The van der Waals surface area contributed by atoms with Crippen LogP contribution in [-0.4, -0.2) is 78.1 Å². The number of alkyl halides is 6. The van der Waals surface area contributed by atoms with Crippen LogP contribution < -0.4 is 36.2 Å². The van der Waals surface area contributed by atoms with E-state index in [1.807, 2.05) is 48.4 Å². The van der Waals surface area contributed by atoms with Crippen LogP contribution in [0.1, 0.15) is 120 Å². The van der Waals surface area contributed by atoms with Crippen LogP contribution in [0.25, 0.3) is 10.2 Å². The minimum atomic E-state index is -5.24. The molecule has 422 valence electrons. The fourth-order valence-corrected chi connectivity index (χ4v) is 11.6. The number of thiophene rings is 1. The Labute approximate surface area is 460 Å². The van der Waals surface area contributed by atoms with Gasteiger partial charge in [-0.2, -0.15) is 26.3 Å². The first-order chi connectivity index (χ1) is 38.2. The normalized spacial score (nSPS) is 16.2. The molecule has 5 N–H and O–H groups in total. The van der Waals surface area contributed by atoms with Crippen LogP contribution in [0.15, 0.2) is 96.4 Å². The summed E-state index contributed by atoms with van der Waals surface area (Å²) in [6.07, 6.45) is -1.98. The Bertz CT molecular complexity index is 3250.